The van der Waals surface area contributed by atoms with Gasteiger partial charge in [-0.2, -0.15) is 0 Å². The molecule has 0 aliphatic carbocycles. The maximum atomic E-state index is 6.03. The highest BCUT2D eigenvalue weighted by atomic mass is 32.1. The Kier molecular flexibility index (Phi) is 3.10. The van der Waals surface area contributed by atoms with Crippen LogP contribution in [0.25, 0.3) is 0 Å². The highest BCUT2D eigenvalue weighted by Gasteiger charge is 2.27. The van der Waals surface area contributed by atoms with E-state index in [4.69, 9.17) is 5.73 Å². The number of nitrogens with two attached hydrogens (primary N) is 1. The zero-order chi connectivity index (χ0) is 12.5. The average Bonchev–Trinajstić information content (AvgIpc) is 2.99. The minimum atomic E-state index is 0.327. The molecule has 0 fully saturated rings. The monoisotopic (exact) mass is 258 g/mol. The fourth-order valence-electron chi connectivity index (χ4n) is 2.79. The van der Waals surface area contributed by atoms with Crippen LogP contribution >= 0.6 is 11.3 Å². The zero-order valence-electron chi connectivity index (χ0n) is 10.6. The molecule has 2 heterocycles. The molecule has 0 amide bonds. The van der Waals surface area contributed by atoms with Gasteiger partial charge < -0.3 is 10.6 Å². The Hall–Kier alpha value is -1.32. The van der Waals surface area contributed by atoms with Crippen LogP contribution in [0.3, 0.4) is 0 Å². The van der Waals surface area contributed by atoms with Gasteiger partial charge in [-0.05, 0) is 42.0 Å². The molecule has 1 aliphatic heterocycles. The van der Waals surface area contributed by atoms with E-state index in [2.05, 4.69) is 47.5 Å². The Morgan fingerprint density at radius 1 is 1.33 bits per heavy atom. The first kappa shape index (κ1) is 11.8. The summed E-state index contributed by atoms with van der Waals surface area (Å²) in [6.45, 7) is 3.94. The second kappa shape index (κ2) is 4.75. The van der Waals surface area contributed by atoms with Gasteiger partial charge in [0.2, 0.25) is 0 Å². The lowest BCUT2D eigenvalue weighted by Gasteiger charge is -2.29. The van der Waals surface area contributed by atoms with E-state index in [0.717, 1.165) is 13.0 Å². The number of anilines is 1. The van der Waals surface area contributed by atoms with Crippen molar-refractivity contribution < 1.29 is 0 Å². The predicted octanol–water partition coefficient (Wildman–Crippen LogP) is 3.12. The highest BCUT2D eigenvalue weighted by molar-refractivity contribution is 7.10. The molecule has 0 spiro atoms. The number of hydrogen-bond acceptors (Lipinski definition) is 3. The van der Waals surface area contributed by atoms with E-state index >= 15 is 0 Å². The lowest BCUT2D eigenvalue weighted by Crippen LogP contribution is -2.32. The van der Waals surface area contributed by atoms with Gasteiger partial charge in [-0.3, -0.25) is 0 Å². The Bertz CT molecular complexity index is 547. The molecular formula is C15H18N2S. The lowest BCUT2D eigenvalue weighted by molar-refractivity contribution is 0.656. The van der Waals surface area contributed by atoms with Gasteiger partial charge in [0.15, 0.2) is 0 Å². The van der Waals surface area contributed by atoms with Gasteiger partial charge in [0, 0.05) is 23.7 Å². The molecule has 94 valence electrons. The number of rotatable bonds is 3. The maximum Gasteiger partial charge on any atom is 0.0760 e. The first-order valence-corrected chi connectivity index (χ1v) is 7.28. The van der Waals surface area contributed by atoms with Crippen molar-refractivity contribution in [1.29, 1.82) is 0 Å². The van der Waals surface area contributed by atoms with Gasteiger partial charge in [-0.1, -0.05) is 18.2 Å². The Morgan fingerprint density at radius 2 is 2.17 bits per heavy atom. The molecule has 18 heavy (non-hydrogen) atoms. The van der Waals surface area contributed by atoms with Gasteiger partial charge in [0.05, 0.1) is 6.04 Å². The Morgan fingerprint density at radius 3 is 2.89 bits per heavy atom. The number of nitrogens with zero attached hydrogens (tertiary/aromatic N) is 1. The minimum absolute atomic E-state index is 0.327. The molecule has 0 radical (unpaired) electrons. The van der Waals surface area contributed by atoms with Crippen LogP contribution in [0.5, 0.6) is 0 Å². The summed E-state index contributed by atoms with van der Waals surface area (Å²) in [5, 5.41) is 2.16. The average molecular weight is 258 g/mol. The molecule has 0 saturated carbocycles. The summed E-state index contributed by atoms with van der Waals surface area (Å²) in [6.07, 6.45) is 1.14. The van der Waals surface area contributed by atoms with Crippen molar-refractivity contribution in [3.05, 3.63) is 51.7 Å². The molecule has 0 saturated heterocycles. The SMILES string of the molecule is Cc1ccsc1C(CN)N1CCc2ccccc21. The molecule has 2 N–H and O–H groups in total. The van der Waals surface area contributed by atoms with Crippen LogP contribution in [0.1, 0.15) is 22.0 Å². The third-order valence-electron chi connectivity index (χ3n) is 3.73. The Balaban J connectivity index is 1.98. The summed E-state index contributed by atoms with van der Waals surface area (Å²) < 4.78 is 0. The largest absolute Gasteiger partial charge is 0.362 e. The number of hydrogen-bond donors (Lipinski definition) is 1. The smallest absolute Gasteiger partial charge is 0.0760 e. The lowest BCUT2D eigenvalue weighted by atomic mass is 10.1. The van der Waals surface area contributed by atoms with Crippen LogP contribution in [0, 0.1) is 6.92 Å². The van der Waals surface area contributed by atoms with Crippen LogP contribution in [0.4, 0.5) is 5.69 Å². The van der Waals surface area contributed by atoms with Gasteiger partial charge in [-0.25, -0.2) is 0 Å². The van der Waals surface area contributed by atoms with E-state index in [9.17, 15) is 0 Å². The molecule has 3 rings (SSSR count). The highest BCUT2D eigenvalue weighted by Crippen LogP contribution is 2.37. The second-order valence-corrected chi connectivity index (χ2v) is 5.74. The summed E-state index contributed by atoms with van der Waals surface area (Å²) in [6, 6.07) is 11.2. The number of benzene rings is 1. The van der Waals surface area contributed by atoms with Crippen LogP contribution in [0.2, 0.25) is 0 Å². The standard InChI is InChI=1S/C15H18N2S/c1-11-7-9-18-15(11)14(10-16)17-8-6-12-4-2-3-5-13(12)17/h2-5,7,9,14H,6,8,10,16H2,1H3. The van der Waals surface area contributed by atoms with Crippen LogP contribution in [-0.4, -0.2) is 13.1 Å². The van der Waals surface area contributed by atoms with E-state index in [1.165, 1.54) is 21.7 Å². The van der Waals surface area contributed by atoms with E-state index in [1.807, 2.05) is 11.3 Å². The van der Waals surface area contributed by atoms with Gasteiger partial charge in [-0.15, -0.1) is 11.3 Å². The molecule has 1 aliphatic rings. The molecular weight excluding hydrogens is 240 g/mol. The van der Waals surface area contributed by atoms with Crippen molar-refractivity contribution in [2.75, 3.05) is 18.0 Å². The number of para-hydroxylation sites is 1. The van der Waals surface area contributed by atoms with Crippen molar-refractivity contribution >= 4 is 17.0 Å². The third kappa shape index (κ3) is 1.84. The Labute approximate surface area is 112 Å². The van der Waals surface area contributed by atoms with E-state index in [0.29, 0.717) is 12.6 Å². The molecule has 0 bridgehead atoms. The quantitative estimate of drug-likeness (QED) is 0.916. The van der Waals surface area contributed by atoms with Crippen LogP contribution < -0.4 is 10.6 Å². The molecule has 3 heteroatoms. The van der Waals surface area contributed by atoms with Crippen molar-refractivity contribution in [2.24, 2.45) is 5.73 Å². The summed E-state index contributed by atoms with van der Waals surface area (Å²) in [5.41, 5.74) is 10.2. The fourth-order valence-corrected chi connectivity index (χ4v) is 3.84. The van der Waals surface area contributed by atoms with Crippen molar-refractivity contribution in [1.82, 2.24) is 0 Å². The number of fused-ring (bicyclic) bond motifs is 1. The summed E-state index contributed by atoms with van der Waals surface area (Å²) in [7, 11) is 0. The normalized spacial score (nSPS) is 15.8. The molecule has 1 atom stereocenters. The minimum Gasteiger partial charge on any atom is -0.362 e. The van der Waals surface area contributed by atoms with Gasteiger partial charge >= 0.3 is 0 Å². The van der Waals surface area contributed by atoms with E-state index in [-0.39, 0.29) is 0 Å². The van der Waals surface area contributed by atoms with E-state index < -0.39 is 0 Å². The molecule has 1 unspecified atom stereocenters. The maximum absolute atomic E-state index is 6.03. The summed E-state index contributed by atoms with van der Waals surface area (Å²) >= 11 is 1.82. The van der Waals surface area contributed by atoms with Crippen molar-refractivity contribution in [3.63, 3.8) is 0 Å². The summed E-state index contributed by atoms with van der Waals surface area (Å²) in [5.74, 6) is 0. The van der Waals surface area contributed by atoms with Crippen molar-refractivity contribution in [2.45, 2.75) is 19.4 Å². The topological polar surface area (TPSA) is 29.3 Å². The zero-order valence-corrected chi connectivity index (χ0v) is 11.4. The molecule has 2 aromatic rings. The molecule has 1 aromatic carbocycles. The number of thiophene rings is 1. The third-order valence-corrected chi connectivity index (χ3v) is 4.85. The second-order valence-electron chi connectivity index (χ2n) is 4.79. The van der Waals surface area contributed by atoms with Gasteiger partial charge in [0.25, 0.3) is 0 Å². The molecule has 2 nitrogen and oxygen atoms in total. The van der Waals surface area contributed by atoms with Crippen molar-refractivity contribution in [3.8, 4) is 0 Å². The van der Waals surface area contributed by atoms with Gasteiger partial charge in [0.1, 0.15) is 0 Å². The van der Waals surface area contributed by atoms with Crippen LogP contribution in [-0.2, 0) is 6.42 Å². The fraction of sp³-hybridized carbons (Fsp3) is 0.333. The first-order valence-electron chi connectivity index (χ1n) is 6.40. The molecule has 1 aromatic heterocycles. The predicted molar refractivity (Wildman–Crippen MR) is 78.3 cm³/mol. The summed E-state index contributed by atoms with van der Waals surface area (Å²) in [4.78, 5) is 3.88. The van der Waals surface area contributed by atoms with Crippen LogP contribution in [0.15, 0.2) is 35.7 Å². The number of aryl methyl sites for hydroxylation is 1. The first-order chi connectivity index (χ1) is 8.81. The van der Waals surface area contributed by atoms with E-state index in [1.54, 1.807) is 0 Å².